The van der Waals surface area contributed by atoms with Crippen LogP contribution in [0.5, 0.6) is 0 Å². The number of nitrogens with two attached hydrogens (primary N) is 1. The van der Waals surface area contributed by atoms with Crippen LogP contribution in [0.3, 0.4) is 0 Å². The van der Waals surface area contributed by atoms with Crippen molar-refractivity contribution in [2.45, 2.75) is 51.4 Å². The van der Waals surface area contributed by atoms with E-state index in [0.717, 1.165) is 12.8 Å². The second kappa shape index (κ2) is 3.35. The molecule has 1 aliphatic heterocycles. The average molecular weight is 143 g/mol. The van der Waals surface area contributed by atoms with Crippen LogP contribution in [0.15, 0.2) is 0 Å². The van der Waals surface area contributed by atoms with E-state index in [4.69, 9.17) is 10.5 Å². The highest BCUT2D eigenvalue weighted by Gasteiger charge is 2.25. The first-order valence-corrected chi connectivity index (χ1v) is 4.15. The maximum atomic E-state index is 5.82. The molecule has 0 aliphatic carbocycles. The molecule has 1 saturated heterocycles. The Morgan fingerprint density at radius 1 is 1.60 bits per heavy atom. The van der Waals surface area contributed by atoms with Crippen molar-refractivity contribution in [3.63, 3.8) is 0 Å². The Labute approximate surface area is 62.7 Å². The molecule has 10 heavy (non-hydrogen) atoms. The molecule has 2 nitrogen and oxygen atoms in total. The number of hydrogen-bond acceptors (Lipinski definition) is 2. The summed E-state index contributed by atoms with van der Waals surface area (Å²) in [5, 5.41) is 0. The fourth-order valence-corrected chi connectivity index (χ4v) is 1.41. The SMILES string of the molecule is CCC(N)[C@H]1CCC(C)O1. The molecular formula is C8H17NO. The molecule has 0 aromatic rings. The third-order valence-corrected chi connectivity index (χ3v) is 2.21. The summed E-state index contributed by atoms with van der Waals surface area (Å²) in [5.74, 6) is 0. The lowest BCUT2D eigenvalue weighted by Crippen LogP contribution is -2.33. The standard InChI is InChI=1S/C8H17NO/c1-3-7(9)8-5-4-6(2)10-8/h6-8H,3-5,9H2,1-2H3/t6?,7?,8-/m1/s1. The summed E-state index contributed by atoms with van der Waals surface area (Å²) < 4.78 is 5.59. The zero-order valence-corrected chi connectivity index (χ0v) is 6.84. The van der Waals surface area contributed by atoms with E-state index in [-0.39, 0.29) is 6.04 Å². The second-order valence-electron chi connectivity index (χ2n) is 3.13. The van der Waals surface area contributed by atoms with E-state index in [1.807, 2.05) is 0 Å². The van der Waals surface area contributed by atoms with Gasteiger partial charge in [-0.2, -0.15) is 0 Å². The Morgan fingerprint density at radius 3 is 2.70 bits per heavy atom. The Bertz CT molecular complexity index is 105. The van der Waals surface area contributed by atoms with Gasteiger partial charge in [0.2, 0.25) is 0 Å². The lowest BCUT2D eigenvalue weighted by Gasteiger charge is -2.17. The third kappa shape index (κ3) is 1.70. The molecule has 0 bridgehead atoms. The lowest BCUT2D eigenvalue weighted by molar-refractivity contribution is 0.0397. The van der Waals surface area contributed by atoms with E-state index in [2.05, 4.69) is 13.8 Å². The van der Waals surface area contributed by atoms with Crippen molar-refractivity contribution in [2.75, 3.05) is 0 Å². The van der Waals surface area contributed by atoms with Crippen LogP contribution < -0.4 is 5.73 Å². The molecule has 2 N–H and O–H groups in total. The van der Waals surface area contributed by atoms with E-state index >= 15 is 0 Å². The maximum Gasteiger partial charge on any atom is 0.0730 e. The van der Waals surface area contributed by atoms with Crippen LogP contribution in [0.4, 0.5) is 0 Å². The van der Waals surface area contributed by atoms with Crippen LogP contribution in [0.1, 0.15) is 33.1 Å². The molecule has 1 heterocycles. The van der Waals surface area contributed by atoms with Crippen molar-refractivity contribution in [3.8, 4) is 0 Å². The van der Waals surface area contributed by atoms with Crippen molar-refractivity contribution in [1.82, 2.24) is 0 Å². The van der Waals surface area contributed by atoms with Crippen molar-refractivity contribution >= 4 is 0 Å². The van der Waals surface area contributed by atoms with Gasteiger partial charge in [0.15, 0.2) is 0 Å². The highest BCUT2D eigenvalue weighted by atomic mass is 16.5. The minimum atomic E-state index is 0.255. The van der Waals surface area contributed by atoms with Gasteiger partial charge in [0, 0.05) is 6.04 Å². The first-order chi connectivity index (χ1) is 4.74. The Balaban J connectivity index is 2.29. The van der Waals surface area contributed by atoms with Crippen LogP contribution in [0, 0.1) is 0 Å². The predicted octanol–water partition coefficient (Wildman–Crippen LogP) is 1.29. The lowest BCUT2D eigenvalue weighted by atomic mass is 10.1. The van der Waals surface area contributed by atoms with Gasteiger partial charge in [-0.3, -0.25) is 0 Å². The van der Waals surface area contributed by atoms with Crippen molar-refractivity contribution in [3.05, 3.63) is 0 Å². The van der Waals surface area contributed by atoms with Gasteiger partial charge < -0.3 is 10.5 Å². The Kier molecular flexibility index (Phi) is 2.69. The molecule has 1 aliphatic rings. The molecule has 1 fully saturated rings. The summed E-state index contributed by atoms with van der Waals surface area (Å²) in [6, 6.07) is 0.255. The molecule has 0 aromatic carbocycles. The van der Waals surface area contributed by atoms with E-state index in [1.165, 1.54) is 6.42 Å². The van der Waals surface area contributed by atoms with Crippen LogP contribution in [0.25, 0.3) is 0 Å². The highest BCUT2D eigenvalue weighted by molar-refractivity contribution is 4.78. The number of hydrogen-bond donors (Lipinski definition) is 1. The minimum Gasteiger partial charge on any atom is -0.374 e. The quantitative estimate of drug-likeness (QED) is 0.632. The zero-order valence-electron chi connectivity index (χ0n) is 6.84. The van der Waals surface area contributed by atoms with Crippen LogP contribution in [-0.4, -0.2) is 18.2 Å². The molecule has 1 rings (SSSR count). The van der Waals surface area contributed by atoms with Gasteiger partial charge in [-0.1, -0.05) is 6.92 Å². The molecule has 0 amide bonds. The van der Waals surface area contributed by atoms with Crippen molar-refractivity contribution in [1.29, 1.82) is 0 Å². The van der Waals surface area contributed by atoms with Crippen LogP contribution in [-0.2, 0) is 4.74 Å². The maximum absolute atomic E-state index is 5.82. The summed E-state index contributed by atoms with van der Waals surface area (Å²) >= 11 is 0. The molecule has 0 aromatic heterocycles. The molecule has 0 spiro atoms. The first kappa shape index (κ1) is 8.02. The Hall–Kier alpha value is -0.0800. The molecule has 3 atom stereocenters. The summed E-state index contributed by atoms with van der Waals surface area (Å²) in [6.07, 6.45) is 4.12. The first-order valence-electron chi connectivity index (χ1n) is 4.15. The predicted molar refractivity (Wildman–Crippen MR) is 41.8 cm³/mol. The smallest absolute Gasteiger partial charge is 0.0730 e. The van der Waals surface area contributed by atoms with Gasteiger partial charge in [0.1, 0.15) is 0 Å². The summed E-state index contributed by atoms with van der Waals surface area (Å²) in [5.41, 5.74) is 5.82. The van der Waals surface area contributed by atoms with E-state index in [0.29, 0.717) is 12.2 Å². The topological polar surface area (TPSA) is 35.2 Å². The monoisotopic (exact) mass is 143 g/mol. The van der Waals surface area contributed by atoms with Crippen LogP contribution in [0.2, 0.25) is 0 Å². The highest BCUT2D eigenvalue weighted by Crippen LogP contribution is 2.21. The van der Waals surface area contributed by atoms with Gasteiger partial charge in [-0.05, 0) is 26.2 Å². The van der Waals surface area contributed by atoms with Gasteiger partial charge in [-0.15, -0.1) is 0 Å². The van der Waals surface area contributed by atoms with E-state index < -0.39 is 0 Å². The summed E-state index contributed by atoms with van der Waals surface area (Å²) in [7, 11) is 0. The van der Waals surface area contributed by atoms with Gasteiger partial charge in [0.05, 0.1) is 12.2 Å². The van der Waals surface area contributed by atoms with Crippen molar-refractivity contribution in [2.24, 2.45) is 5.73 Å². The summed E-state index contributed by atoms with van der Waals surface area (Å²) in [6.45, 7) is 4.22. The fourth-order valence-electron chi connectivity index (χ4n) is 1.41. The average Bonchev–Trinajstić information content (AvgIpc) is 2.34. The molecule has 60 valence electrons. The molecular weight excluding hydrogens is 126 g/mol. The minimum absolute atomic E-state index is 0.255. The zero-order chi connectivity index (χ0) is 7.56. The number of ether oxygens (including phenoxy) is 1. The molecule has 2 unspecified atom stereocenters. The Morgan fingerprint density at radius 2 is 2.30 bits per heavy atom. The summed E-state index contributed by atoms with van der Waals surface area (Å²) in [4.78, 5) is 0. The largest absolute Gasteiger partial charge is 0.374 e. The molecule has 0 radical (unpaired) electrons. The van der Waals surface area contributed by atoms with Crippen LogP contribution >= 0.6 is 0 Å². The normalized spacial score (nSPS) is 36.3. The van der Waals surface area contributed by atoms with Crippen molar-refractivity contribution < 1.29 is 4.74 Å². The fraction of sp³-hybridized carbons (Fsp3) is 1.00. The second-order valence-corrected chi connectivity index (χ2v) is 3.13. The molecule has 0 saturated carbocycles. The van der Waals surface area contributed by atoms with Gasteiger partial charge >= 0.3 is 0 Å². The molecule has 2 heteroatoms. The van der Waals surface area contributed by atoms with Gasteiger partial charge in [0.25, 0.3) is 0 Å². The third-order valence-electron chi connectivity index (χ3n) is 2.21. The van der Waals surface area contributed by atoms with E-state index in [1.54, 1.807) is 0 Å². The number of rotatable bonds is 2. The van der Waals surface area contributed by atoms with Gasteiger partial charge in [-0.25, -0.2) is 0 Å². The van der Waals surface area contributed by atoms with E-state index in [9.17, 15) is 0 Å².